The van der Waals surface area contributed by atoms with E-state index >= 15 is 0 Å². The third-order valence-corrected chi connectivity index (χ3v) is 5.69. The molecule has 0 spiro atoms. The van der Waals surface area contributed by atoms with E-state index < -0.39 is 9.84 Å². The summed E-state index contributed by atoms with van der Waals surface area (Å²) < 4.78 is 27.3. The molecule has 5 nitrogen and oxygen atoms in total. The van der Waals surface area contributed by atoms with Gasteiger partial charge in [-0.15, -0.1) is 0 Å². The highest BCUT2D eigenvalue weighted by atomic mass is 79.9. The molecule has 0 amide bonds. The number of anilines is 1. The lowest BCUT2D eigenvalue weighted by Gasteiger charge is -2.07. The number of nitrogens with zero attached hydrogens (tertiary/aromatic N) is 2. The van der Waals surface area contributed by atoms with Crippen LogP contribution in [0.1, 0.15) is 18.3 Å². The summed E-state index contributed by atoms with van der Waals surface area (Å²) in [6, 6.07) is 6.23. The van der Waals surface area contributed by atoms with E-state index in [1.165, 1.54) is 12.1 Å². The van der Waals surface area contributed by atoms with Crippen LogP contribution >= 0.6 is 15.9 Å². The molecular weight excluding hydrogens is 342 g/mol. The Bertz CT molecular complexity index is 721. The van der Waals surface area contributed by atoms with Gasteiger partial charge in [-0.05, 0) is 54.0 Å². The van der Waals surface area contributed by atoms with E-state index in [1.807, 2.05) is 13.8 Å². The first-order chi connectivity index (χ1) is 9.35. The molecule has 1 aromatic carbocycles. The highest BCUT2D eigenvalue weighted by molar-refractivity contribution is 9.10. The molecule has 2 N–H and O–H groups in total. The molecule has 0 atom stereocenters. The number of sulfone groups is 1. The highest BCUT2D eigenvalue weighted by Crippen LogP contribution is 2.25. The summed E-state index contributed by atoms with van der Waals surface area (Å²) in [6.07, 6.45) is 0. The number of halogens is 1. The van der Waals surface area contributed by atoms with Gasteiger partial charge < -0.3 is 5.73 Å². The van der Waals surface area contributed by atoms with Crippen molar-refractivity contribution in [2.75, 3.05) is 5.73 Å². The molecule has 0 aliphatic rings. The lowest BCUT2D eigenvalue weighted by Crippen LogP contribution is -2.11. The van der Waals surface area contributed by atoms with E-state index in [-0.39, 0.29) is 10.6 Å². The summed E-state index contributed by atoms with van der Waals surface area (Å²) in [4.78, 5) is 0.264. The SMILES string of the molecule is CCn1nc(C)c(Br)c1CS(=O)(=O)c1ccc(N)cc1. The van der Waals surface area contributed by atoms with Gasteiger partial charge in [-0.1, -0.05) is 0 Å². The van der Waals surface area contributed by atoms with Gasteiger partial charge >= 0.3 is 0 Å². The summed E-state index contributed by atoms with van der Waals surface area (Å²) in [5, 5.41) is 4.31. The van der Waals surface area contributed by atoms with Crippen LogP contribution in [-0.2, 0) is 22.1 Å². The Hall–Kier alpha value is -1.34. The molecule has 0 radical (unpaired) electrons. The van der Waals surface area contributed by atoms with Crippen LogP contribution in [0, 0.1) is 6.92 Å². The lowest BCUT2D eigenvalue weighted by atomic mass is 10.3. The predicted octanol–water partition coefficient (Wildman–Crippen LogP) is 2.53. The van der Waals surface area contributed by atoms with E-state index in [0.717, 1.165) is 10.2 Å². The van der Waals surface area contributed by atoms with Gasteiger partial charge in [0.15, 0.2) is 9.84 Å². The second-order valence-electron chi connectivity index (χ2n) is 4.49. The van der Waals surface area contributed by atoms with E-state index in [2.05, 4.69) is 21.0 Å². The maximum absolute atomic E-state index is 12.4. The van der Waals surface area contributed by atoms with Crippen LogP contribution in [0.3, 0.4) is 0 Å². The molecule has 20 heavy (non-hydrogen) atoms. The zero-order valence-electron chi connectivity index (χ0n) is 11.3. The highest BCUT2D eigenvalue weighted by Gasteiger charge is 2.21. The summed E-state index contributed by atoms with van der Waals surface area (Å²) >= 11 is 3.41. The molecule has 0 bridgehead atoms. The minimum Gasteiger partial charge on any atom is -0.399 e. The second-order valence-corrected chi connectivity index (χ2v) is 7.27. The number of hydrogen-bond donors (Lipinski definition) is 1. The standard InChI is InChI=1S/C13H16BrN3O2S/c1-3-17-12(13(14)9(2)16-17)8-20(18,19)11-6-4-10(15)5-7-11/h4-7H,3,8,15H2,1-2H3. The Morgan fingerprint density at radius 3 is 2.45 bits per heavy atom. The van der Waals surface area contributed by atoms with Crippen LogP contribution in [0.2, 0.25) is 0 Å². The number of nitrogens with two attached hydrogens (primary N) is 1. The van der Waals surface area contributed by atoms with Gasteiger partial charge in [0.2, 0.25) is 0 Å². The van der Waals surface area contributed by atoms with Crippen molar-refractivity contribution in [3.05, 3.63) is 40.1 Å². The van der Waals surface area contributed by atoms with Crippen molar-refractivity contribution in [3.8, 4) is 0 Å². The Kier molecular flexibility index (Phi) is 4.19. The molecule has 1 heterocycles. The van der Waals surface area contributed by atoms with Crippen molar-refractivity contribution in [1.29, 1.82) is 0 Å². The minimum atomic E-state index is -3.42. The number of rotatable bonds is 4. The molecule has 0 saturated heterocycles. The first kappa shape index (κ1) is 15.1. The molecule has 2 rings (SSSR count). The fourth-order valence-electron chi connectivity index (χ4n) is 1.95. The molecule has 0 fully saturated rings. The van der Waals surface area contributed by atoms with Crippen molar-refractivity contribution in [1.82, 2.24) is 9.78 Å². The van der Waals surface area contributed by atoms with Crippen LogP contribution in [0.4, 0.5) is 5.69 Å². The normalized spacial score (nSPS) is 11.8. The molecule has 7 heteroatoms. The Labute approximate surface area is 126 Å². The van der Waals surface area contributed by atoms with Crippen molar-refractivity contribution in [3.63, 3.8) is 0 Å². The number of benzene rings is 1. The average Bonchev–Trinajstić information content (AvgIpc) is 2.66. The van der Waals surface area contributed by atoms with E-state index in [1.54, 1.807) is 16.8 Å². The van der Waals surface area contributed by atoms with Gasteiger partial charge in [0.05, 0.1) is 26.5 Å². The number of aromatic nitrogens is 2. The third kappa shape index (κ3) is 2.88. The zero-order chi connectivity index (χ0) is 14.9. The first-order valence-electron chi connectivity index (χ1n) is 6.15. The van der Waals surface area contributed by atoms with Crippen molar-refractivity contribution < 1.29 is 8.42 Å². The van der Waals surface area contributed by atoms with Crippen molar-refractivity contribution >= 4 is 31.5 Å². The smallest absolute Gasteiger partial charge is 0.184 e. The van der Waals surface area contributed by atoms with Gasteiger partial charge in [0.25, 0.3) is 0 Å². The lowest BCUT2D eigenvalue weighted by molar-refractivity contribution is 0.585. The first-order valence-corrected chi connectivity index (χ1v) is 8.59. The third-order valence-electron chi connectivity index (χ3n) is 3.02. The van der Waals surface area contributed by atoms with Crippen LogP contribution in [0.5, 0.6) is 0 Å². The second kappa shape index (κ2) is 5.57. The van der Waals surface area contributed by atoms with Gasteiger partial charge in [-0.25, -0.2) is 8.42 Å². The minimum absolute atomic E-state index is 0.0911. The molecule has 2 aromatic rings. The molecular formula is C13H16BrN3O2S. The van der Waals surface area contributed by atoms with E-state index in [9.17, 15) is 8.42 Å². The van der Waals surface area contributed by atoms with E-state index in [4.69, 9.17) is 5.73 Å². The molecule has 1 aromatic heterocycles. The fraction of sp³-hybridized carbons (Fsp3) is 0.308. The average molecular weight is 358 g/mol. The summed E-state index contributed by atoms with van der Waals surface area (Å²) in [7, 11) is -3.42. The number of hydrogen-bond acceptors (Lipinski definition) is 4. The maximum atomic E-state index is 12.4. The maximum Gasteiger partial charge on any atom is 0.184 e. The fourth-order valence-corrected chi connectivity index (χ4v) is 3.93. The van der Waals surface area contributed by atoms with Gasteiger partial charge in [-0.3, -0.25) is 4.68 Å². The zero-order valence-corrected chi connectivity index (χ0v) is 13.7. The van der Waals surface area contributed by atoms with Gasteiger partial charge in [0, 0.05) is 12.2 Å². The summed E-state index contributed by atoms with van der Waals surface area (Å²) in [6.45, 7) is 4.40. The van der Waals surface area contributed by atoms with Crippen molar-refractivity contribution in [2.45, 2.75) is 31.0 Å². The molecule has 0 aliphatic heterocycles. The topological polar surface area (TPSA) is 78.0 Å². The monoisotopic (exact) mass is 357 g/mol. The molecule has 0 unspecified atom stereocenters. The Morgan fingerprint density at radius 2 is 1.90 bits per heavy atom. The molecule has 0 saturated carbocycles. The van der Waals surface area contributed by atoms with Crippen LogP contribution in [0.25, 0.3) is 0 Å². The summed E-state index contributed by atoms with van der Waals surface area (Å²) in [5.74, 6) is -0.0911. The van der Waals surface area contributed by atoms with Crippen molar-refractivity contribution in [2.24, 2.45) is 0 Å². The van der Waals surface area contributed by atoms with Gasteiger partial charge in [0.1, 0.15) is 0 Å². The predicted molar refractivity (Wildman–Crippen MR) is 82.1 cm³/mol. The summed E-state index contributed by atoms with van der Waals surface area (Å²) in [5.41, 5.74) is 7.58. The Balaban J connectivity index is 2.40. The van der Waals surface area contributed by atoms with Crippen LogP contribution in [0.15, 0.2) is 33.6 Å². The van der Waals surface area contributed by atoms with Gasteiger partial charge in [-0.2, -0.15) is 5.10 Å². The number of aryl methyl sites for hydroxylation is 2. The van der Waals surface area contributed by atoms with Crippen LogP contribution in [-0.4, -0.2) is 18.2 Å². The quantitative estimate of drug-likeness (QED) is 0.852. The van der Waals surface area contributed by atoms with E-state index in [0.29, 0.717) is 17.9 Å². The number of nitrogen functional groups attached to an aromatic ring is 1. The Morgan fingerprint density at radius 1 is 1.30 bits per heavy atom. The molecule has 0 aliphatic carbocycles. The molecule has 108 valence electrons. The van der Waals surface area contributed by atoms with Crippen LogP contribution < -0.4 is 5.73 Å². The largest absolute Gasteiger partial charge is 0.399 e.